The van der Waals surface area contributed by atoms with Gasteiger partial charge in [-0.1, -0.05) is 55.1 Å². The zero-order valence-corrected chi connectivity index (χ0v) is 36.0. The third-order valence-electron chi connectivity index (χ3n) is 14.4. The first-order valence-corrected chi connectivity index (χ1v) is 22.4. The highest BCUT2D eigenvalue weighted by Gasteiger charge is 2.58. The second kappa shape index (κ2) is 17.4. The fourth-order valence-corrected chi connectivity index (χ4v) is 10.7. The summed E-state index contributed by atoms with van der Waals surface area (Å²) in [4.78, 5) is 77.4. The lowest BCUT2D eigenvalue weighted by Gasteiger charge is -2.35. The van der Waals surface area contributed by atoms with Crippen LogP contribution < -0.4 is 10.6 Å². The lowest BCUT2D eigenvalue weighted by atomic mass is 9.90. The number of amides is 4. The summed E-state index contributed by atoms with van der Waals surface area (Å²) in [5.41, 5.74) is 5.11. The molecule has 2 saturated carbocycles. The van der Waals surface area contributed by atoms with Crippen LogP contribution in [-0.2, 0) is 28.5 Å². The molecule has 17 heteroatoms. The SMILES string of the molecule is [C-]#[N+]c1[nH]c([C@@H]2CC3C[C@H]3N2C(=O)[C@@H](NC(=O)OC)C2CCOCC2)nc1-c1ccc(-c2ccc(-c3cnc([C@@H]4C[C@H]5CC5N4C(=O)[C@@H](NC(=O)OC)C4CCOCC4)[nH]3)cc2)cc1. The average molecular weight is 872 g/mol. The Morgan fingerprint density at radius 2 is 1.16 bits per heavy atom. The van der Waals surface area contributed by atoms with Gasteiger partial charge in [-0.25, -0.2) is 19.6 Å². The molecule has 6 fully saturated rings. The van der Waals surface area contributed by atoms with Crippen molar-refractivity contribution in [3.8, 4) is 33.6 Å². The van der Waals surface area contributed by atoms with Crippen LogP contribution in [0.5, 0.6) is 0 Å². The number of nitrogens with zero attached hydrogens (tertiary/aromatic N) is 5. The van der Waals surface area contributed by atoms with Crippen molar-refractivity contribution in [2.45, 2.75) is 87.6 Å². The summed E-state index contributed by atoms with van der Waals surface area (Å²) in [5.74, 6) is 2.05. The molecule has 4 saturated heterocycles. The molecule has 2 unspecified atom stereocenters. The number of alkyl carbamates (subject to hydrolysis) is 2. The predicted molar refractivity (Wildman–Crippen MR) is 231 cm³/mol. The number of H-pyrrole nitrogens is 2. The van der Waals surface area contributed by atoms with Crippen molar-refractivity contribution in [1.29, 1.82) is 0 Å². The van der Waals surface area contributed by atoms with Crippen LogP contribution in [0.2, 0.25) is 0 Å². The van der Waals surface area contributed by atoms with Crippen LogP contribution in [0.15, 0.2) is 54.7 Å². The predicted octanol–water partition coefficient (Wildman–Crippen LogP) is 6.31. The number of piperidine rings is 2. The maximum atomic E-state index is 14.3. The van der Waals surface area contributed by atoms with Crippen LogP contribution in [0, 0.1) is 30.2 Å². The first-order valence-electron chi connectivity index (χ1n) is 22.4. The number of hydrogen-bond acceptors (Lipinski definition) is 10. The lowest BCUT2D eigenvalue weighted by Crippen LogP contribution is -2.54. The zero-order chi connectivity index (χ0) is 44.1. The van der Waals surface area contributed by atoms with E-state index in [9.17, 15) is 19.2 Å². The Kier molecular flexibility index (Phi) is 11.3. The van der Waals surface area contributed by atoms with Gasteiger partial charge in [0.2, 0.25) is 17.6 Å². The highest BCUT2D eigenvalue weighted by atomic mass is 16.5. The number of imidazole rings is 2. The average Bonchev–Trinajstić information content (AvgIpc) is 3.96. The van der Waals surface area contributed by atoms with E-state index in [-0.39, 0.29) is 47.8 Å². The Bertz CT molecular complexity index is 2430. The number of likely N-dealkylation sites (tertiary alicyclic amines) is 2. The van der Waals surface area contributed by atoms with Crippen molar-refractivity contribution in [3.05, 3.63) is 77.8 Å². The van der Waals surface area contributed by atoms with Gasteiger partial charge in [0.1, 0.15) is 23.9 Å². The summed E-state index contributed by atoms with van der Waals surface area (Å²) < 4.78 is 20.9. The summed E-state index contributed by atoms with van der Waals surface area (Å²) in [5, 5.41) is 5.67. The van der Waals surface area contributed by atoms with Crippen LogP contribution in [0.4, 0.5) is 15.4 Å². The second-order valence-electron chi connectivity index (χ2n) is 18.0. The van der Waals surface area contributed by atoms with E-state index in [0.717, 1.165) is 59.5 Å². The van der Waals surface area contributed by atoms with E-state index in [1.807, 2.05) is 52.4 Å². The highest BCUT2D eigenvalue weighted by molar-refractivity contribution is 5.88. The van der Waals surface area contributed by atoms with Gasteiger partial charge in [0.25, 0.3) is 5.82 Å². The number of rotatable bonds is 11. The number of nitrogens with one attached hydrogen (secondary N) is 4. The number of benzene rings is 2. The molecule has 334 valence electrons. The number of aromatic amines is 2. The van der Waals surface area contributed by atoms with Gasteiger partial charge < -0.3 is 49.2 Å². The van der Waals surface area contributed by atoms with E-state index in [1.165, 1.54) is 14.2 Å². The molecule has 6 heterocycles. The molecule has 0 spiro atoms. The van der Waals surface area contributed by atoms with E-state index in [0.29, 0.717) is 81.3 Å². The van der Waals surface area contributed by atoms with Crippen molar-refractivity contribution in [3.63, 3.8) is 0 Å². The molecule has 64 heavy (non-hydrogen) atoms. The molecule has 10 rings (SSSR count). The van der Waals surface area contributed by atoms with Gasteiger partial charge in [-0.3, -0.25) is 14.6 Å². The molecular weight excluding hydrogens is 819 g/mol. The first kappa shape index (κ1) is 41.7. The number of fused-ring (bicyclic) bond motifs is 2. The summed E-state index contributed by atoms with van der Waals surface area (Å²) in [6.07, 6.45) is 6.69. The van der Waals surface area contributed by atoms with Crippen LogP contribution in [0.25, 0.3) is 38.5 Å². The van der Waals surface area contributed by atoms with Crippen molar-refractivity contribution < 1.29 is 38.1 Å². The van der Waals surface area contributed by atoms with Crippen LogP contribution in [-0.4, -0.2) is 119 Å². The number of methoxy groups -OCH3 is 2. The Morgan fingerprint density at radius 1 is 0.688 bits per heavy atom. The normalized spacial score (nSPS) is 26.0. The molecule has 2 aromatic carbocycles. The summed E-state index contributed by atoms with van der Waals surface area (Å²) in [6, 6.07) is 14.4. The minimum Gasteiger partial charge on any atom is -0.453 e. The third kappa shape index (κ3) is 7.98. The summed E-state index contributed by atoms with van der Waals surface area (Å²) in [6.45, 7) is 10.2. The summed E-state index contributed by atoms with van der Waals surface area (Å²) >= 11 is 0. The van der Waals surface area contributed by atoms with Gasteiger partial charge in [0.15, 0.2) is 0 Å². The Hall–Kier alpha value is -6.25. The molecular formula is C47H53N9O8. The van der Waals surface area contributed by atoms with Gasteiger partial charge in [-0.15, -0.1) is 0 Å². The molecule has 2 aliphatic carbocycles. The molecule has 4 aliphatic heterocycles. The van der Waals surface area contributed by atoms with Crippen molar-refractivity contribution in [2.75, 3.05) is 40.6 Å². The quantitative estimate of drug-likeness (QED) is 0.124. The van der Waals surface area contributed by atoms with Crippen LogP contribution >= 0.6 is 0 Å². The Balaban J connectivity index is 0.828. The van der Waals surface area contributed by atoms with Gasteiger partial charge in [-0.2, -0.15) is 0 Å². The number of hydrogen-bond donors (Lipinski definition) is 4. The molecule has 8 atom stereocenters. The van der Waals surface area contributed by atoms with Crippen molar-refractivity contribution in [1.82, 2.24) is 40.4 Å². The van der Waals surface area contributed by atoms with E-state index < -0.39 is 24.3 Å². The molecule has 4 N–H and O–H groups in total. The molecule has 4 amide bonds. The highest BCUT2D eigenvalue weighted by Crippen LogP contribution is 2.55. The minimum absolute atomic E-state index is 0.0343. The fourth-order valence-electron chi connectivity index (χ4n) is 10.7. The van der Waals surface area contributed by atoms with E-state index in [2.05, 4.69) is 37.6 Å². The van der Waals surface area contributed by atoms with Crippen molar-refractivity contribution in [2.24, 2.45) is 23.7 Å². The minimum atomic E-state index is -0.739. The topological polar surface area (TPSA) is 197 Å². The summed E-state index contributed by atoms with van der Waals surface area (Å²) in [7, 11) is 2.61. The zero-order valence-electron chi connectivity index (χ0n) is 36.0. The number of carbonyl (C=O) groups excluding carboxylic acids is 4. The maximum Gasteiger partial charge on any atom is 0.407 e. The second-order valence-corrected chi connectivity index (χ2v) is 18.0. The molecule has 0 radical (unpaired) electrons. The number of aromatic nitrogens is 4. The van der Waals surface area contributed by atoms with Crippen LogP contribution in [0.3, 0.4) is 0 Å². The number of carbonyl (C=O) groups is 4. The Morgan fingerprint density at radius 3 is 1.64 bits per heavy atom. The van der Waals surface area contributed by atoms with E-state index in [4.69, 9.17) is 35.5 Å². The van der Waals surface area contributed by atoms with Crippen molar-refractivity contribution >= 4 is 29.8 Å². The first-order chi connectivity index (χ1) is 31.2. The maximum absolute atomic E-state index is 14.3. The lowest BCUT2D eigenvalue weighted by molar-refractivity contribution is -0.138. The standard InChI is InChI=1S/C47H53N9O8/c1-48-43-38(51-42(54-43)37-23-32-21-35(32)56(37)45(58)40(53-47(60)62-3)30-14-18-64-19-15-30)28-10-6-26(7-11-28)25-4-8-27(9-5-25)33-24-49-41(50-33)36-22-31-20-34(31)55(36)44(57)39(52-46(59)61-2)29-12-16-63-17-13-29/h4-11,24,29-32,34-37,39-40H,12-23H2,2-3H3,(H,49,50)(H,51,54)(H,52,59)(H,53,60)/t31-,32?,34?,35-,36+,37+,39+,40+/m1/s1. The molecule has 0 bridgehead atoms. The molecule has 2 aromatic heterocycles. The van der Waals surface area contributed by atoms with E-state index >= 15 is 0 Å². The molecule has 4 aromatic rings. The van der Waals surface area contributed by atoms with E-state index in [1.54, 1.807) is 0 Å². The van der Waals surface area contributed by atoms with Gasteiger partial charge in [0.05, 0.1) is 37.8 Å². The van der Waals surface area contributed by atoms with Gasteiger partial charge in [0, 0.05) is 38.5 Å². The Labute approximate surface area is 370 Å². The smallest absolute Gasteiger partial charge is 0.407 e. The molecule has 6 aliphatic rings. The van der Waals surface area contributed by atoms with Crippen LogP contribution in [0.1, 0.15) is 75.1 Å². The monoisotopic (exact) mass is 871 g/mol. The van der Waals surface area contributed by atoms with Gasteiger partial charge in [-0.05, 0) is 97.3 Å². The third-order valence-corrected chi connectivity index (χ3v) is 14.4. The number of ether oxygens (including phenoxy) is 4. The fraction of sp³-hybridized carbons (Fsp3) is 0.511. The van der Waals surface area contributed by atoms with Gasteiger partial charge >= 0.3 is 12.2 Å². The molecule has 17 nitrogen and oxygen atoms in total. The largest absolute Gasteiger partial charge is 0.453 e.